The zero-order valence-electron chi connectivity index (χ0n) is 22.4. The van der Waals surface area contributed by atoms with Crippen LogP contribution in [0.3, 0.4) is 0 Å². The number of anilines is 1. The quantitative estimate of drug-likeness (QED) is 0.180. The predicted octanol–water partition coefficient (Wildman–Crippen LogP) is 8.86. The minimum atomic E-state index is 0.906. The third-order valence-corrected chi connectivity index (χ3v) is 8.93. The van der Waals surface area contributed by atoms with Gasteiger partial charge < -0.3 is 10.6 Å². The van der Waals surface area contributed by atoms with Gasteiger partial charge in [0, 0.05) is 38.4 Å². The van der Waals surface area contributed by atoms with Gasteiger partial charge in [-0.1, -0.05) is 89.2 Å². The van der Waals surface area contributed by atoms with Crippen molar-refractivity contribution < 1.29 is 0 Å². The Bertz CT molecular complexity index is 1210. The van der Waals surface area contributed by atoms with Crippen molar-refractivity contribution in [2.24, 2.45) is 0 Å². The molecule has 4 aromatic rings. The molecular weight excluding hydrogens is 489 g/mol. The lowest BCUT2D eigenvalue weighted by Crippen LogP contribution is -2.23. The maximum Gasteiger partial charge on any atom is 0.0482 e. The van der Waals surface area contributed by atoms with Crippen molar-refractivity contribution in [2.75, 3.05) is 25.0 Å². The maximum atomic E-state index is 3.63. The van der Waals surface area contributed by atoms with Gasteiger partial charge in [0.1, 0.15) is 0 Å². The fourth-order valence-electron chi connectivity index (χ4n) is 4.39. The van der Waals surface area contributed by atoms with Crippen LogP contribution in [0.2, 0.25) is 0 Å². The molecule has 37 heavy (non-hydrogen) atoms. The molecule has 0 aliphatic heterocycles. The second-order valence-electron chi connectivity index (χ2n) is 9.63. The Hall–Kier alpha value is -2.66. The first kappa shape index (κ1) is 27.4. The molecule has 0 saturated heterocycles. The Morgan fingerprint density at radius 2 is 1.16 bits per heavy atom. The van der Waals surface area contributed by atoms with Crippen molar-refractivity contribution in [1.29, 1.82) is 0 Å². The van der Waals surface area contributed by atoms with E-state index in [1.165, 1.54) is 53.1 Å². The van der Waals surface area contributed by atoms with Crippen LogP contribution in [0, 0.1) is 27.7 Å². The predicted molar refractivity (Wildman–Crippen MR) is 163 cm³/mol. The summed E-state index contributed by atoms with van der Waals surface area (Å²) in [5.41, 5.74) is 7.94. The van der Waals surface area contributed by atoms with E-state index in [-0.39, 0.29) is 0 Å². The molecule has 0 atom stereocenters. The van der Waals surface area contributed by atoms with E-state index in [1.54, 1.807) is 0 Å². The smallest absolute Gasteiger partial charge is 0.0482 e. The van der Waals surface area contributed by atoms with Gasteiger partial charge in [-0.15, -0.1) is 0 Å². The van der Waals surface area contributed by atoms with E-state index in [0.29, 0.717) is 0 Å². The summed E-state index contributed by atoms with van der Waals surface area (Å²) >= 11 is 3.73. The molecule has 0 aliphatic carbocycles. The van der Waals surface area contributed by atoms with Gasteiger partial charge in [-0.3, -0.25) is 0 Å². The number of hydrogen-bond donors (Lipinski definition) is 2. The van der Waals surface area contributed by atoms with Crippen molar-refractivity contribution in [3.8, 4) is 0 Å². The minimum Gasteiger partial charge on any atom is -0.383 e. The molecule has 4 heteroatoms. The van der Waals surface area contributed by atoms with E-state index in [9.17, 15) is 0 Å². The second-order valence-corrected chi connectivity index (χ2v) is 11.8. The standard InChI is InChI=1S/C33H38N2S2/c1-24-15-17-30(26(3)22-24)36-32-13-7-5-10-28(32)11-9-19-34-20-21-35-29-12-6-8-14-33(29)37-31-18-16-25(2)23-27(31)4/h5-8,10,12-18,22-23,34-35H,9,11,19-21H2,1-4H3. The molecule has 0 heterocycles. The zero-order valence-corrected chi connectivity index (χ0v) is 24.1. The van der Waals surface area contributed by atoms with Crippen molar-refractivity contribution in [3.05, 3.63) is 113 Å². The Kier molecular flexibility index (Phi) is 10.2. The molecule has 0 aromatic heterocycles. The normalized spacial score (nSPS) is 11.0. The molecular formula is C33H38N2S2. The Morgan fingerprint density at radius 1 is 0.568 bits per heavy atom. The van der Waals surface area contributed by atoms with Crippen LogP contribution >= 0.6 is 23.5 Å². The zero-order chi connectivity index (χ0) is 26.0. The average molecular weight is 527 g/mol. The van der Waals surface area contributed by atoms with Gasteiger partial charge in [0.15, 0.2) is 0 Å². The lowest BCUT2D eigenvalue weighted by Gasteiger charge is -2.14. The second kappa shape index (κ2) is 13.8. The highest BCUT2D eigenvalue weighted by atomic mass is 32.2. The van der Waals surface area contributed by atoms with Crippen LogP contribution in [0.25, 0.3) is 0 Å². The number of aryl methyl sites for hydroxylation is 5. The highest BCUT2D eigenvalue weighted by Gasteiger charge is 2.08. The number of nitrogens with one attached hydrogen (secondary N) is 2. The molecule has 2 N–H and O–H groups in total. The third kappa shape index (κ3) is 8.16. The van der Waals surface area contributed by atoms with Gasteiger partial charge in [-0.05, 0) is 94.1 Å². The van der Waals surface area contributed by atoms with Crippen LogP contribution in [0.5, 0.6) is 0 Å². The van der Waals surface area contributed by atoms with Crippen LogP contribution in [-0.2, 0) is 6.42 Å². The lowest BCUT2D eigenvalue weighted by atomic mass is 10.1. The molecule has 0 radical (unpaired) electrons. The summed E-state index contributed by atoms with van der Waals surface area (Å²) in [6.45, 7) is 11.6. The molecule has 0 fully saturated rings. The summed E-state index contributed by atoms with van der Waals surface area (Å²) < 4.78 is 0. The topological polar surface area (TPSA) is 24.1 Å². The average Bonchev–Trinajstić information content (AvgIpc) is 2.88. The van der Waals surface area contributed by atoms with Gasteiger partial charge in [-0.2, -0.15) is 0 Å². The molecule has 0 unspecified atom stereocenters. The summed E-state index contributed by atoms with van der Waals surface area (Å²) in [6, 6.07) is 30.8. The summed E-state index contributed by atoms with van der Waals surface area (Å²) in [5.74, 6) is 0. The van der Waals surface area contributed by atoms with Crippen LogP contribution in [0.4, 0.5) is 5.69 Å². The van der Waals surface area contributed by atoms with Crippen LogP contribution in [-0.4, -0.2) is 19.6 Å². The molecule has 4 rings (SSSR count). The van der Waals surface area contributed by atoms with Crippen LogP contribution < -0.4 is 10.6 Å². The first-order valence-electron chi connectivity index (χ1n) is 13.1. The number of hydrogen-bond acceptors (Lipinski definition) is 4. The summed E-state index contributed by atoms with van der Waals surface area (Å²) in [4.78, 5) is 5.30. The summed E-state index contributed by atoms with van der Waals surface area (Å²) in [5, 5.41) is 7.25. The monoisotopic (exact) mass is 526 g/mol. The fraction of sp³-hybridized carbons (Fsp3) is 0.273. The number of para-hydroxylation sites is 1. The Balaban J connectivity index is 1.22. The minimum absolute atomic E-state index is 0.906. The van der Waals surface area contributed by atoms with Crippen molar-refractivity contribution in [1.82, 2.24) is 5.32 Å². The fourth-order valence-corrected chi connectivity index (χ4v) is 6.42. The van der Waals surface area contributed by atoms with E-state index in [2.05, 4.69) is 123 Å². The molecule has 2 nitrogen and oxygen atoms in total. The third-order valence-electron chi connectivity index (χ3n) is 6.38. The Labute approximate surface area is 231 Å². The molecule has 0 spiro atoms. The Morgan fingerprint density at radius 3 is 1.84 bits per heavy atom. The van der Waals surface area contributed by atoms with E-state index in [1.807, 2.05) is 23.5 Å². The van der Waals surface area contributed by atoms with E-state index >= 15 is 0 Å². The van der Waals surface area contributed by atoms with Gasteiger partial charge >= 0.3 is 0 Å². The highest BCUT2D eigenvalue weighted by molar-refractivity contribution is 7.99. The van der Waals surface area contributed by atoms with Crippen LogP contribution in [0.1, 0.15) is 34.2 Å². The van der Waals surface area contributed by atoms with E-state index in [0.717, 1.165) is 32.5 Å². The molecule has 0 saturated carbocycles. The number of rotatable bonds is 12. The van der Waals surface area contributed by atoms with Crippen molar-refractivity contribution in [2.45, 2.75) is 60.1 Å². The largest absolute Gasteiger partial charge is 0.383 e. The van der Waals surface area contributed by atoms with Crippen molar-refractivity contribution >= 4 is 29.2 Å². The molecule has 0 bridgehead atoms. The molecule has 192 valence electrons. The summed E-state index contributed by atoms with van der Waals surface area (Å²) in [7, 11) is 0. The van der Waals surface area contributed by atoms with E-state index in [4.69, 9.17) is 0 Å². The van der Waals surface area contributed by atoms with Gasteiger partial charge in [0.25, 0.3) is 0 Å². The SMILES string of the molecule is Cc1ccc(Sc2ccccc2CCCNCCNc2ccccc2Sc2ccc(C)cc2C)c(C)c1. The van der Waals surface area contributed by atoms with Gasteiger partial charge in [0.2, 0.25) is 0 Å². The lowest BCUT2D eigenvalue weighted by molar-refractivity contribution is 0.658. The summed E-state index contributed by atoms with van der Waals surface area (Å²) in [6.07, 6.45) is 2.22. The van der Waals surface area contributed by atoms with Crippen molar-refractivity contribution in [3.63, 3.8) is 0 Å². The van der Waals surface area contributed by atoms with E-state index < -0.39 is 0 Å². The van der Waals surface area contributed by atoms with Gasteiger partial charge in [-0.25, -0.2) is 0 Å². The maximum absolute atomic E-state index is 3.63. The highest BCUT2D eigenvalue weighted by Crippen LogP contribution is 2.35. The molecule has 0 aliphatic rings. The first-order chi connectivity index (χ1) is 18.0. The number of benzene rings is 4. The molecule has 4 aromatic carbocycles. The first-order valence-corrected chi connectivity index (χ1v) is 14.7. The van der Waals surface area contributed by atoms with Crippen LogP contribution in [0.15, 0.2) is 105 Å². The molecule has 0 amide bonds. The van der Waals surface area contributed by atoms with Gasteiger partial charge in [0.05, 0.1) is 0 Å².